The zero-order chi connectivity index (χ0) is 14.8. The number of Topliss-reactive ketones (excluding diaryl/α,β-unsaturated/α-hetero) is 1. The van der Waals surface area contributed by atoms with Crippen LogP contribution in [0.5, 0.6) is 5.75 Å². The number of ketones is 1. The van der Waals surface area contributed by atoms with Crippen molar-refractivity contribution in [1.29, 1.82) is 0 Å². The summed E-state index contributed by atoms with van der Waals surface area (Å²) in [6, 6.07) is 13.9. The van der Waals surface area contributed by atoms with E-state index in [-0.39, 0.29) is 24.5 Å². The molecule has 1 heterocycles. The van der Waals surface area contributed by atoms with Crippen LogP contribution in [-0.4, -0.2) is 24.1 Å². The second-order valence-electron chi connectivity index (χ2n) is 5.15. The molecule has 0 saturated heterocycles. The Labute approximate surface area is 122 Å². The summed E-state index contributed by atoms with van der Waals surface area (Å²) >= 11 is 0. The van der Waals surface area contributed by atoms with Crippen LogP contribution in [0.3, 0.4) is 0 Å². The predicted molar refractivity (Wildman–Crippen MR) is 79.3 cm³/mol. The topological polar surface area (TPSA) is 40.5 Å². The molecule has 1 N–H and O–H groups in total. The number of halogens is 1. The standard InChI is InChI=1S/C17H16FNO2/c18-8-9-19-15-7-6-14(20)10-13(15)11-16(21)17(19)12-4-2-1-3-5-12/h1-7,10,17,20H,8-9,11H2. The molecule has 0 saturated carbocycles. The zero-order valence-corrected chi connectivity index (χ0v) is 11.5. The van der Waals surface area contributed by atoms with E-state index in [9.17, 15) is 14.3 Å². The number of fused-ring (bicyclic) bond motifs is 1. The third kappa shape index (κ3) is 2.49. The SMILES string of the molecule is O=C1Cc2cc(O)ccc2N(CCF)C1c1ccccc1. The fourth-order valence-corrected chi connectivity index (χ4v) is 2.93. The lowest BCUT2D eigenvalue weighted by molar-refractivity contribution is -0.120. The van der Waals surface area contributed by atoms with Crippen LogP contribution in [0.4, 0.5) is 10.1 Å². The second kappa shape index (κ2) is 5.56. The summed E-state index contributed by atoms with van der Waals surface area (Å²) in [7, 11) is 0. The highest BCUT2D eigenvalue weighted by atomic mass is 19.1. The lowest BCUT2D eigenvalue weighted by Crippen LogP contribution is -2.40. The van der Waals surface area contributed by atoms with Crippen molar-refractivity contribution in [1.82, 2.24) is 0 Å². The maximum absolute atomic E-state index is 13.0. The number of benzene rings is 2. The highest BCUT2D eigenvalue weighted by molar-refractivity contribution is 5.94. The van der Waals surface area contributed by atoms with E-state index in [4.69, 9.17) is 0 Å². The summed E-state index contributed by atoms with van der Waals surface area (Å²) < 4.78 is 13.0. The predicted octanol–water partition coefficient (Wildman–Crippen LogP) is 3.03. The molecule has 108 valence electrons. The maximum atomic E-state index is 13.0. The van der Waals surface area contributed by atoms with Gasteiger partial charge in [0.05, 0.1) is 0 Å². The molecule has 0 amide bonds. The van der Waals surface area contributed by atoms with E-state index >= 15 is 0 Å². The molecule has 0 radical (unpaired) electrons. The number of carbonyl (C=O) groups excluding carboxylic acids is 1. The fourth-order valence-electron chi connectivity index (χ4n) is 2.93. The number of phenolic OH excluding ortho intramolecular Hbond substituents is 1. The van der Waals surface area contributed by atoms with Crippen molar-refractivity contribution >= 4 is 11.5 Å². The van der Waals surface area contributed by atoms with Crippen LogP contribution in [0.15, 0.2) is 48.5 Å². The van der Waals surface area contributed by atoms with Crippen LogP contribution >= 0.6 is 0 Å². The van der Waals surface area contributed by atoms with Crippen LogP contribution in [0, 0.1) is 0 Å². The number of rotatable bonds is 3. The molecule has 1 atom stereocenters. The van der Waals surface area contributed by atoms with Gasteiger partial charge < -0.3 is 10.0 Å². The maximum Gasteiger partial charge on any atom is 0.164 e. The minimum atomic E-state index is -0.531. The number of hydrogen-bond acceptors (Lipinski definition) is 3. The molecule has 4 heteroatoms. The molecule has 2 aromatic carbocycles. The zero-order valence-electron chi connectivity index (χ0n) is 11.5. The monoisotopic (exact) mass is 285 g/mol. The number of anilines is 1. The third-order valence-corrected chi connectivity index (χ3v) is 3.79. The molecule has 0 spiro atoms. The summed E-state index contributed by atoms with van der Waals surface area (Å²) in [4.78, 5) is 14.3. The highest BCUT2D eigenvalue weighted by Gasteiger charge is 2.33. The number of aromatic hydroxyl groups is 1. The summed E-state index contributed by atoms with van der Waals surface area (Å²) in [5, 5.41) is 9.57. The Balaban J connectivity index is 2.08. The smallest absolute Gasteiger partial charge is 0.164 e. The lowest BCUT2D eigenvalue weighted by atomic mass is 9.90. The van der Waals surface area contributed by atoms with Gasteiger partial charge in [-0.05, 0) is 29.3 Å². The molecule has 0 aromatic heterocycles. The van der Waals surface area contributed by atoms with Gasteiger partial charge in [-0.2, -0.15) is 0 Å². The summed E-state index contributed by atoms with van der Waals surface area (Å²) in [6.07, 6.45) is 0.256. The van der Waals surface area contributed by atoms with Crippen LogP contribution in [0.1, 0.15) is 17.2 Å². The van der Waals surface area contributed by atoms with Crippen molar-refractivity contribution in [2.24, 2.45) is 0 Å². The van der Waals surface area contributed by atoms with Gasteiger partial charge in [0.1, 0.15) is 18.5 Å². The first-order valence-corrected chi connectivity index (χ1v) is 6.93. The largest absolute Gasteiger partial charge is 0.508 e. The Morgan fingerprint density at radius 3 is 2.67 bits per heavy atom. The lowest BCUT2D eigenvalue weighted by Gasteiger charge is -2.37. The number of phenols is 1. The van der Waals surface area contributed by atoms with Gasteiger partial charge in [-0.1, -0.05) is 30.3 Å². The van der Waals surface area contributed by atoms with Gasteiger partial charge in [0.15, 0.2) is 5.78 Å². The van der Waals surface area contributed by atoms with Gasteiger partial charge in [0.2, 0.25) is 0 Å². The third-order valence-electron chi connectivity index (χ3n) is 3.79. The van der Waals surface area contributed by atoms with E-state index < -0.39 is 12.7 Å². The fraction of sp³-hybridized carbons (Fsp3) is 0.235. The molecule has 3 rings (SSSR count). The Hall–Kier alpha value is -2.36. The summed E-state index contributed by atoms with van der Waals surface area (Å²) in [5.41, 5.74) is 2.44. The van der Waals surface area contributed by atoms with Crippen molar-refractivity contribution in [2.45, 2.75) is 12.5 Å². The number of hydrogen-bond donors (Lipinski definition) is 1. The normalized spacial score (nSPS) is 17.7. The molecule has 0 bridgehead atoms. The van der Waals surface area contributed by atoms with Crippen LogP contribution < -0.4 is 4.90 Å². The molecule has 1 aliphatic heterocycles. The molecule has 3 nitrogen and oxygen atoms in total. The first kappa shape index (κ1) is 13.6. The average Bonchev–Trinajstić information content (AvgIpc) is 2.48. The molecule has 2 aromatic rings. The second-order valence-corrected chi connectivity index (χ2v) is 5.15. The number of nitrogens with zero attached hydrogens (tertiary/aromatic N) is 1. The summed E-state index contributed by atoms with van der Waals surface area (Å²) in [5.74, 6) is 0.146. The van der Waals surface area contributed by atoms with Gasteiger partial charge in [0.25, 0.3) is 0 Å². The Morgan fingerprint density at radius 2 is 1.95 bits per heavy atom. The highest BCUT2D eigenvalue weighted by Crippen LogP contribution is 2.37. The molecule has 1 aliphatic rings. The van der Waals surface area contributed by atoms with Gasteiger partial charge in [-0.3, -0.25) is 4.79 Å². The Bertz CT molecular complexity index is 657. The van der Waals surface area contributed by atoms with Crippen LogP contribution in [-0.2, 0) is 11.2 Å². The molecule has 0 fully saturated rings. The first-order chi connectivity index (χ1) is 10.2. The van der Waals surface area contributed by atoms with Gasteiger partial charge in [-0.25, -0.2) is 4.39 Å². The Morgan fingerprint density at radius 1 is 1.19 bits per heavy atom. The van der Waals surface area contributed by atoms with E-state index in [1.807, 2.05) is 30.3 Å². The molecular formula is C17H16FNO2. The Kier molecular flexibility index (Phi) is 3.60. The van der Waals surface area contributed by atoms with Crippen molar-refractivity contribution in [3.8, 4) is 5.75 Å². The van der Waals surface area contributed by atoms with Gasteiger partial charge in [-0.15, -0.1) is 0 Å². The number of alkyl halides is 1. The summed E-state index contributed by atoms with van der Waals surface area (Å²) in [6.45, 7) is -0.375. The molecule has 0 aliphatic carbocycles. The van der Waals surface area contributed by atoms with E-state index in [1.165, 1.54) is 0 Å². The minimum Gasteiger partial charge on any atom is -0.508 e. The van der Waals surface area contributed by atoms with Crippen LogP contribution in [0.25, 0.3) is 0 Å². The van der Waals surface area contributed by atoms with Gasteiger partial charge in [0, 0.05) is 18.7 Å². The van der Waals surface area contributed by atoms with Crippen molar-refractivity contribution in [3.05, 3.63) is 59.7 Å². The van der Waals surface area contributed by atoms with E-state index in [1.54, 1.807) is 23.1 Å². The number of carbonyl (C=O) groups is 1. The van der Waals surface area contributed by atoms with E-state index in [0.29, 0.717) is 0 Å². The average molecular weight is 285 g/mol. The van der Waals surface area contributed by atoms with Crippen molar-refractivity contribution in [3.63, 3.8) is 0 Å². The minimum absolute atomic E-state index is 0.0211. The van der Waals surface area contributed by atoms with Crippen molar-refractivity contribution < 1.29 is 14.3 Å². The molecule has 1 unspecified atom stereocenters. The van der Waals surface area contributed by atoms with Crippen LogP contribution in [0.2, 0.25) is 0 Å². The molecule has 21 heavy (non-hydrogen) atoms. The van der Waals surface area contributed by atoms with E-state index in [2.05, 4.69) is 0 Å². The molecular weight excluding hydrogens is 269 g/mol. The van der Waals surface area contributed by atoms with Crippen molar-refractivity contribution in [2.75, 3.05) is 18.1 Å². The van der Waals surface area contributed by atoms with E-state index in [0.717, 1.165) is 16.8 Å². The quantitative estimate of drug-likeness (QED) is 0.942. The first-order valence-electron chi connectivity index (χ1n) is 6.93. The van der Waals surface area contributed by atoms with Gasteiger partial charge >= 0.3 is 0 Å².